The van der Waals surface area contributed by atoms with E-state index >= 15 is 0 Å². The molecule has 0 bridgehead atoms. The first kappa shape index (κ1) is 11.3. The number of aromatic nitrogens is 1. The Hall–Kier alpha value is -1.19. The highest BCUT2D eigenvalue weighted by molar-refractivity contribution is 6.37. The standard InChI is InChI=1S/C11H9Cl2NO2/c1-7-5-8(14-16-7)6-15-11-9(12)3-2-4-10(11)13/h2-5H,6H2,1H3. The summed E-state index contributed by atoms with van der Waals surface area (Å²) in [6.07, 6.45) is 0. The van der Waals surface area contributed by atoms with E-state index in [-0.39, 0.29) is 6.61 Å². The first-order valence-electron chi connectivity index (χ1n) is 4.66. The average molecular weight is 258 g/mol. The van der Waals surface area contributed by atoms with Crippen molar-refractivity contribution >= 4 is 23.2 Å². The number of hydrogen-bond acceptors (Lipinski definition) is 3. The Labute approximate surface area is 103 Å². The Morgan fingerprint density at radius 1 is 1.31 bits per heavy atom. The van der Waals surface area contributed by atoms with Crippen molar-refractivity contribution in [2.75, 3.05) is 0 Å². The third-order valence-corrected chi connectivity index (χ3v) is 2.56. The Morgan fingerprint density at radius 3 is 2.56 bits per heavy atom. The molecule has 0 saturated heterocycles. The van der Waals surface area contributed by atoms with Crippen LogP contribution in [0, 0.1) is 6.92 Å². The first-order chi connectivity index (χ1) is 7.66. The van der Waals surface area contributed by atoms with Crippen molar-refractivity contribution in [3.8, 4) is 5.75 Å². The SMILES string of the molecule is Cc1cc(COc2c(Cl)cccc2Cl)no1. The van der Waals surface area contributed by atoms with Gasteiger partial charge in [0.05, 0.1) is 10.0 Å². The summed E-state index contributed by atoms with van der Waals surface area (Å²) in [6, 6.07) is 7.00. The number of benzene rings is 1. The van der Waals surface area contributed by atoms with Gasteiger partial charge in [-0.25, -0.2) is 0 Å². The Bertz CT molecular complexity index is 476. The van der Waals surface area contributed by atoms with Gasteiger partial charge in [0.2, 0.25) is 0 Å². The zero-order valence-electron chi connectivity index (χ0n) is 8.54. The molecule has 0 amide bonds. The van der Waals surface area contributed by atoms with Crippen LogP contribution in [0.2, 0.25) is 10.0 Å². The van der Waals surface area contributed by atoms with Gasteiger partial charge in [0.1, 0.15) is 18.1 Å². The lowest BCUT2D eigenvalue weighted by atomic mass is 10.3. The molecule has 0 N–H and O–H groups in total. The Kier molecular flexibility index (Phi) is 3.36. The molecule has 16 heavy (non-hydrogen) atoms. The molecular formula is C11H9Cl2NO2. The second-order valence-electron chi connectivity index (χ2n) is 3.27. The molecule has 0 aliphatic heterocycles. The van der Waals surface area contributed by atoms with Crippen molar-refractivity contribution in [1.82, 2.24) is 5.16 Å². The smallest absolute Gasteiger partial charge is 0.157 e. The highest BCUT2D eigenvalue weighted by Gasteiger charge is 2.08. The lowest BCUT2D eigenvalue weighted by molar-refractivity contribution is 0.288. The van der Waals surface area contributed by atoms with E-state index < -0.39 is 0 Å². The Morgan fingerprint density at radius 2 is 2.00 bits per heavy atom. The summed E-state index contributed by atoms with van der Waals surface area (Å²) in [6.45, 7) is 2.10. The topological polar surface area (TPSA) is 35.3 Å². The second-order valence-corrected chi connectivity index (χ2v) is 4.08. The highest BCUT2D eigenvalue weighted by atomic mass is 35.5. The molecule has 0 aliphatic rings. The molecule has 0 radical (unpaired) electrons. The minimum atomic E-state index is 0.279. The van der Waals surface area contributed by atoms with Gasteiger partial charge in [0.25, 0.3) is 0 Å². The maximum atomic E-state index is 5.95. The van der Waals surface area contributed by atoms with Crippen LogP contribution in [0.15, 0.2) is 28.8 Å². The fraction of sp³-hybridized carbons (Fsp3) is 0.182. The van der Waals surface area contributed by atoms with Gasteiger partial charge < -0.3 is 9.26 Å². The number of aryl methyl sites for hydroxylation is 1. The molecular weight excluding hydrogens is 249 g/mol. The Balaban J connectivity index is 2.10. The van der Waals surface area contributed by atoms with E-state index in [1.54, 1.807) is 24.3 Å². The maximum absolute atomic E-state index is 5.95. The van der Waals surface area contributed by atoms with Gasteiger partial charge in [-0.05, 0) is 19.1 Å². The average Bonchev–Trinajstić information content (AvgIpc) is 2.63. The van der Waals surface area contributed by atoms with Gasteiger partial charge in [-0.1, -0.05) is 34.4 Å². The molecule has 1 heterocycles. The summed E-state index contributed by atoms with van der Waals surface area (Å²) < 4.78 is 10.4. The van der Waals surface area contributed by atoms with E-state index in [0.717, 1.165) is 5.76 Å². The van der Waals surface area contributed by atoms with Gasteiger partial charge >= 0.3 is 0 Å². The zero-order chi connectivity index (χ0) is 11.5. The van der Waals surface area contributed by atoms with Crippen LogP contribution >= 0.6 is 23.2 Å². The number of nitrogens with zero attached hydrogens (tertiary/aromatic N) is 1. The monoisotopic (exact) mass is 257 g/mol. The van der Waals surface area contributed by atoms with Crippen LogP contribution < -0.4 is 4.74 Å². The lowest BCUT2D eigenvalue weighted by Crippen LogP contribution is -1.96. The molecule has 3 nitrogen and oxygen atoms in total. The van der Waals surface area contributed by atoms with Crippen molar-refractivity contribution in [3.05, 3.63) is 45.8 Å². The molecule has 0 fully saturated rings. The summed E-state index contributed by atoms with van der Waals surface area (Å²) >= 11 is 11.9. The van der Waals surface area contributed by atoms with Crippen LogP contribution in [0.1, 0.15) is 11.5 Å². The molecule has 0 spiro atoms. The molecule has 5 heteroatoms. The summed E-state index contributed by atoms with van der Waals surface area (Å²) in [4.78, 5) is 0. The van der Waals surface area contributed by atoms with Gasteiger partial charge in [-0.3, -0.25) is 0 Å². The minimum absolute atomic E-state index is 0.279. The van der Waals surface area contributed by atoms with E-state index in [9.17, 15) is 0 Å². The zero-order valence-corrected chi connectivity index (χ0v) is 10.0. The fourth-order valence-electron chi connectivity index (χ4n) is 1.25. The molecule has 0 atom stereocenters. The molecule has 1 aromatic heterocycles. The summed E-state index contributed by atoms with van der Waals surface area (Å²) in [5.74, 6) is 1.20. The molecule has 2 rings (SSSR count). The first-order valence-corrected chi connectivity index (χ1v) is 5.41. The summed E-state index contributed by atoms with van der Waals surface area (Å²) in [5.41, 5.74) is 0.702. The van der Waals surface area contributed by atoms with Crippen LogP contribution in [0.3, 0.4) is 0 Å². The van der Waals surface area contributed by atoms with Crippen molar-refractivity contribution in [1.29, 1.82) is 0 Å². The van der Waals surface area contributed by atoms with E-state index in [1.165, 1.54) is 0 Å². The van der Waals surface area contributed by atoms with Crippen LogP contribution in [0.5, 0.6) is 5.75 Å². The van der Waals surface area contributed by atoms with Crippen LogP contribution in [-0.4, -0.2) is 5.16 Å². The third kappa shape index (κ3) is 2.49. The van der Waals surface area contributed by atoms with Crippen molar-refractivity contribution < 1.29 is 9.26 Å². The van der Waals surface area contributed by atoms with Gasteiger partial charge in [-0.15, -0.1) is 0 Å². The molecule has 0 saturated carbocycles. The molecule has 0 aliphatic carbocycles. The van der Waals surface area contributed by atoms with Gasteiger partial charge in [0, 0.05) is 6.07 Å². The number of halogens is 2. The van der Waals surface area contributed by atoms with Crippen LogP contribution in [-0.2, 0) is 6.61 Å². The van der Waals surface area contributed by atoms with Crippen molar-refractivity contribution in [2.45, 2.75) is 13.5 Å². The number of hydrogen-bond donors (Lipinski definition) is 0. The molecule has 2 aromatic rings. The number of rotatable bonds is 3. The summed E-state index contributed by atoms with van der Waals surface area (Å²) in [5, 5.41) is 4.76. The van der Waals surface area contributed by atoms with E-state index in [4.69, 9.17) is 32.5 Å². The maximum Gasteiger partial charge on any atom is 0.157 e. The minimum Gasteiger partial charge on any atom is -0.484 e. The molecule has 84 valence electrons. The number of para-hydroxylation sites is 1. The lowest BCUT2D eigenvalue weighted by Gasteiger charge is -2.07. The van der Waals surface area contributed by atoms with E-state index in [0.29, 0.717) is 21.5 Å². The van der Waals surface area contributed by atoms with E-state index in [2.05, 4.69) is 5.16 Å². The molecule has 0 unspecified atom stereocenters. The third-order valence-electron chi connectivity index (χ3n) is 1.96. The van der Waals surface area contributed by atoms with Crippen LogP contribution in [0.25, 0.3) is 0 Å². The van der Waals surface area contributed by atoms with Gasteiger partial charge in [0.15, 0.2) is 5.75 Å². The summed E-state index contributed by atoms with van der Waals surface area (Å²) in [7, 11) is 0. The normalized spacial score (nSPS) is 10.4. The van der Waals surface area contributed by atoms with Gasteiger partial charge in [-0.2, -0.15) is 0 Å². The van der Waals surface area contributed by atoms with E-state index in [1.807, 2.05) is 6.92 Å². The quantitative estimate of drug-likeness (QED) is 0.838. The van der Waals surface area contributed by atoms with Crippen LogP contribution in [0.4, 0.5) is 0 Å². The number of ether oxygens (including phenoxy) is 1. The highest BCUT2D eigenvalue weighted by Crippen LogP contribution is 2.32. The predicted molar refractivity (Wildman–Crippen MR) is 62.0 cm³/mol. The van der Waals surface area contributed by atoms with Crippen molar-refractivity contribution in [2.24, 2.45) is 0 Å². The predicted octanol–water partition coefficient (Wildman–Crippen LogP) is 3.87. The second kappa shape index (κ2) is 4.76. The van der Waals surface area contributed by atoms with Crippen molar-refractivity contribution in [3.63, 3.8) is 0 Å². The largest absolute Gasteiger partial charge is 0.484 e. The molecule has 1 aromatic carbocycles. The fourth-order valence-corrected chi connectivity index (χ4v) is 1.76.